The first kappa shape index (κ1) is 22.7. The molecule has 1 aliphatic rings. The Balaban J connectivity index is 1.91. The predicted octanol–water partition coefficient (Wildman–Crippen LogP) is 2.86. The number of anilines is 4. The molecule has 0 bridgehead atoms. The number of amides is 1. The third kappa shape index (κ3) is 4.83. The lowest BCUT2D eigenvalue weighted by Crippen LogP contribution is -2.34. The highest BCUT2D eigenvalue weighted by Gasteiger charge is 2.41. The van der Waals surface area contributed by atoms with E-state index in [9.17, 15) is 28.0 Å². The molecule has 1 aliphatic heterocycles. The summed E-state index contributed by atoms with van der Waals surface area (Å²) >= 11 is 0. The lowest BCUT2D eigenvalue weighted by Gasteiger charge is -2.27. The monoisotopic (exact) mass is 448 g/mol. The first-order valence-corrected chi connectivity index (χ1v) is 9.46. The zero-order valence-corrected chi connectivity index (χ0v) is 16.8. The maximum absolute atomic E-state index is 12.8. The zero-order valence-electron chi connectivity index (χ0n) is 16.8. The van der Waals surface area contributed by atoms with Crippen molar-refractivity contribution in [3.05, 3.63) is 36.0 Å². The Morgan fingerprint density at radius 3 is 2.69 bits per heavy atom. The predicted molar refractivity (Wildman–Crippen MR) is 111 cm³/mol. The number of halogens is 3. The number of carbonyl (C=O) groups excluding carboxylic acids is 2. The number of nitrogens with one attached hydrogen (secondary N) is 4. The van der Waals surface area contributed by atoms with E-state index < -0.39 is 23.8 Å². The average Bonchev–Trinajstić information content (AvgIpc) is 2.77. The van der Waals surface area contributed by atoms with Gasteiger partial charge in [-0.3, -0.25) is 9.59 Å². The lowest BCUT2D eigenvalue weighted by atomic mass is 9.91. The summed E-state index contributed by atoms with van der Waals surface area (Å²) in [5.74, 6) is -3.25. The van der Waals surface area contributed by atoms with Crippen LogP contribution >= 0.6 is 0 Å². The van der Waals surface area contributed by atoms with Gasteiger partial charge in [-0.1, -0.05) is 6.07 Å². The SMILES string of the molecule is COc1c(NCCNc2ccccn2)cc(NC(=O)C(F)(F)F)c2c1NCC(C#N)C2=O. The Morgan fingerprint density at radius 2 is 2.06 bits per heavy atom. The summed E-state index contributed by atoms with van der Waals surface area (Å²) in [6.45, 7) is 0.674. The number of ether oxygens (including phenoxy) is 1. The summed E-state index contributed by atoms with van der Waals surface area (Å²) < 4.78 is 43.9. The minimum Gasteiger partial charge on any atom is -0.492 e. The number of nitriles is 1. The highest BCUT2D eigenvalue weighted by Crippen LogP contribution is 2.44. The molecule has 0 spiro atoms. The molecule has 1 atom stereocenters. The number of fused-ring (bicyclic) bond motifs is 1. The van der Waals surface area contributed by atoms with Crippen molar-refractivity contribution in [2.45, 2.75) is 6.18 Å². The fourth-order valence-corrected chi connectivity index (χ4v) is 3.16. The second kappa shape index (κ2) is 9.42. The summed E-state index contributed by atoms with van der Waals surface area (Å²) in [6.07, 6.45) is -3.54. The van der Waals surface area contributed by atoms with Crippen LogP contribution in [-0.2, 0) is 4.79 Å². The van der Waals surface area contributed by atoms with Gasteiger partial charge in [-0.05, 0) is 18.2 Å². The van der Waals surface area contributed by atoms with Gasteiger partial charge in [-0.25, -0.2) is 4.98 Å². The number of benzene rings is 1. The van der Waals surface area contributed by atoms with E-state index in [0.29, 0.717) is 18.9 Å². The second-order valence-corrected chi connectivity index (χ2v) is 6.70. The van der Waals surface area contributed by atoms with Crippen molar-refractivity contribution >= 4 is 34.6 Å². The van der Waals surface area contributed by atoms with Crippen LogP contribution in [0.25, 0.3) is 0 Å². The number of nitrogens with zero attached hydrogens (tertiary/aromatic N) is 2. The summed E-state index contributed by atoms with van der Waals surface area (Å²) in [7, 11) is 1.34. The summed E-state index contributed by atoms with van der Waals surface area (Å²) in [4.78, 5) is 28.4. The van der Waals surface area contributed by atoms with Crippen molar-refractivity contribution in [2.75, 3.05) is 48.0 Å². The highest BCUT2D eigenvalue weighted by atomic mass is 19.4. The zero-order chi connectivity index (χ0) is 23.3. The standard InChI is InChI=1S/C20H19F3N6O3/c1-32-18-13(25-6-7-27-14-4-2-3-5-26-14)8-12(29-19(31)20(21,22)23)15-16(18)28-10-11(9-24)17(15)30/h2-5,8,11,25,28H,6-7,10H2,1H3,(H,26,27)(H,29,31). The molecule has 1 aromatic carbocycles. The van der Waals surface area contributed by atoms with Gasteiger partial charge in [-0.2, -0.15) is 18.4 Å². The van der Waals surface area contributed by atoms with Crippen molar-refractivity contribution in [3.8, 4) is 11.8 Å². The Labute approximate surface area is 181 Å². The minimum atomic E-state index is -5.16. The number of hydrogen-bond donors (Lipinski definition) is 4. The van der Waals surface area contributed by atoms with E-state index in [1.165, 1.54) is 13.2 Å². The topological polar surface area (TPSA) is 128 Å². The maximum atomic E-state index is 12.8. The largest absolute Gasteiger partial charge is 0.492 e. The van der Waals surface area contributed by atoms with Gasteiger partial charge in [0, 0.05) is 25.8 Å². The van der Waals surface area contributed by atoms with Crippen molar-refractivity contribution in [3.63, 3.8) is 0 Å². The van der Waals surface area contributed by atoms with Crippen LogP contribution < -0.4 is 26.0 Å². The molecule has 3 rings (SSSR count). The van der Waals surface area contributed by atoms with Crippen LogP contribution in [0.4, 0.5) is 36.1 Å². The molecule has 0 aliphatic carbocycles. The molecule has 12 heteroatoms. The highest BCUT2D eigenvalue weighted by molar-refractivity contribution is 6.15. The summed E-state index contributed by atoms with van der Waals surface area (Å²) in [5.41, 5.74) is -0.262. The summed E-state index contributed by atoms with van der Waals surface area (Å²) in [6, 6.07) is 8.32. The first-order chi connectivity index (χ1) is 15.3. The van der Waals surface area contributed by atoms with Gasteiger partial charge in [0.1, 0.15) is 11.7 Å². The first-order valence-electron chi connectivity index (χ1n) is 9.46. The molecule has 0 fully saturated rings. The Morgan fingerprint density at radius 1 is 1.31 bits per heavy atom. The molecule has 2 aromatic rings. The summed E-state index contributed by atoms with van der Waals surface area (Å²) in [5, 5.41) is 19.8. The van der Waals surface area contributed by atoms with Gasteiger partial charge in [0.15, 0.2) is 11.5 Å². The number of ketones is 1. The number of rotatable bonds is 7. The van der Waals surface area contributed by atoms with E-state index in [1.807, 2.05) is 6.07 Å². The van der Waals surface area contributed by atoms with E-state index in [2.05, 4.69) is 20.9 Å². The Kier molecular flexibility index (Phi) is 6.67. The smallest absolute Gasteiger partial charge is 0.471 e. The normalized spacial score (nSPS) is 15.1. The molecule has 32 heavy (non-hydrogen) atoms. The van der Waals surface area contributed by atoms with Crippen LogP contribution in [0.1, 0.15) is 10.4 Å². The third-order valence-electron chi connectivity index (χ3n) is 4.60. The van der Waals surface area contributed by atoms with E-state index >= 15 is 0 Å². The quantitative estimate of drug-likeness (QED) is 0.476. The third-order valence-corrected chi connectivity index (χ3v) is 4.60. The molecule has 0 saturated carbocycles. The van der Waals surface area contributed by atoms with Crippen molar-refractivity contribution in [2.24, 2.45) is 5.92 Å². The van der Waals surface area contributed by atoms with Crippen LogP contribution in [0.2, 0.25) is 0 Å². The van der Waals surface area contributed by atoms with Gasteiger partial charge in [0.25, 0.3) is 0 Å². The number of carbonyl (C=O) groups is 2. The number of hydrogen-bond acceptors (Lipinski definition) is 8. The van der Waals surface area contributed by atoms with Crippen LogP contribution in [0.3, 0.4) is 0 Å². The molecule has 0 saturated heterocycles. The van der Waals surface area contributed by atoms with Gasteiger partial charge in [-0.15, -0.1) is 0 Å². The Hall–Kier alpha value is -4.01. The van der Waals surface area contributed by atoms with Crippen molar-refractivity contribution in [1.82, 2.24) is 4.98 Å². The lowest BCUT2D eigenvalue weighted by molar-refractivity contribution is -0.167. The number of aromatic nitrogens is 1. The van der Waals surface area contributed by atoms with Crippen LogP contribution in [-0.4, -0.2) is 49.6 Å². The average molecular weight is 448 g/mol. The number of pyridine rings is 1. The fraction of sp³-hybridized carbons (Fsp3) is 0.300. The minimum absolute atomic E-state index is 0.0456. The number of methoxy groups -OCH3 is 1. The number of Topliss-reactive ketones (excluding diaryl/α,β-unsaturated/α-hetero) is 1. The van der Waals surface area contributed by atoms with Gasteiger partial charge in [0.2, 0.25) is 0 Å². The van der Waals surface area contributed by atoms with Crippen molar-refractivity contribution in [1.29, 1.82) is 5.26 Å². The van der Waals surface area contributed by atoms with E-state index in [-0.39, 0.29) is 34.9 Å². The van der Waals surface area contributed by atoms with E-state index in [4.69, 9.17) is 4.74 Å². The molecule has 4 N–H and O–H groups in total. The molecular formula is C20H19F3N6O3. The molecule has 2 heterocycles. The van der Waals surface area contributed by atoms with Gasteiger partial charge >= 0.3 is 12.1 Å². The molecule has 1 aromatic heterocycles. The molecule has 1 unspecified atom stereocenters. The van der Waals surface area contributed by atoms with Gasteiger partial charge < -0.3 is 26.0 Å². The van der Waals surface area contributed by atoms with Crippen LogP contribution in [0.15, 0.2) is 30.5 Å². The molecule has 9 nitrogen and oxygen atoms in total. The number of alkyl halides is 3. The Bertz CT molecular complexity index is 1050. The second-order valence-electron chi connectivity index (χ2n) is 6.70. The maximum Gasteiger partial charge on any atom is 0.471 e. The molecule has 0 radical (unpaired) electrons. The van der Waals surface area contributed by atoms with Crippen LogP contribution in [0, 0.1) is 17.2 Å². The fourth-order valence-electron chi connectivity index (χ4n) is 3.16. The molecule has 1 amide bonds. The van der Waals surface area contributed by atoms with Crippen molar-refractivity contribution < 1.29 is 27.5 Å². The van der Waals surface area contributed by atoms with E-state index in [1.54, 1.807) is 29.7 Å². The van der Waals surface area contributed by atoms with E-state index in [0.717, 1.165) is 0 Å². The van der Waals surface area contributed by atoms with Crippen LogP contribution in [0.5, 0.6) is 5.75 Å². The van der Waals surface area contributed by atoms with Gasteiger partial charge in [0.05, 0.1) is 35.8 Å². The molecular weight excluding hydrogens is 429 g/mol. The molecule has 168 valence electrons.